The van der Waals surface area contributed by atoms with E-state index in [1.807, 2.05) is 7.05 Å². The van der Waals surface area contributed by atoms with E-state index in [1.54, 1.807) is 40.4 Å². The smallest absolute Gasteiger partial charge is 0.340 e. The molecule has 24 heavy (non-hydrogen) atoms. The third-order valence-electron chi connectivity index (χ3n) is 4.09. The first-order valence-corrected chi connectivity index (χ1v) is 7.99. The van der Waals surface area contributed by atoms with Crippen LogP contribution in [-0.4, -0.2) is 52.4 Å². The van der Waals surface area contributed by atoms with Crippen molar-refractivity contribution in [2.24, 2.45) is 0 Å². The van der Waals surface area contributed by atoms with Crippen LogP contribution in [0.25, 0.3) is 5.57 Å². The van der Waals surface area contributed by atoms with Gasteiger partial charge in [0.15, 0.2) is 11.5 Å². The Kier molecular flexibility index (Phi) is 5.95. The van der Waals surface area contributed by atoms with Crippen molar-refractivity contribution in [1.29, 1.82) is 0 Å². The fourth-order valence-electron chi connectivity index (χ4n) is 2.96. The average Bonchev–Trinajstić information content (AvgIpc) is 3.00. The summed E-state index contributed by atoms with van der Waals surface area (Å²) in [5.74, 6) is 1.18. The Morgan fingerprint density at radius 3 is 2.17 bits per heavy atom. The van der Waals surface area contributed by atoms with Crippen LogP contribution < -0.4 is 14.2 Å². The van der Waals surface area contributed by atoms with Gasteiger partial charge in [-0.25, -0.2) is 4.79 Å². The van der Waals surface area contributed by atoms with Crippen molar-refractivity contribution in [3.8, 4) is 17.2 Å². The summed E-state index contributed by atoms with van der Waals surface area (Å²) in [7, 11) is 6.65. The lowest BCUT2D eigenvalue weighted by molar-refractivity contribution is -0.136. The van der Waals surface area contributed by atoms with Gasteiger partial charge >= 0.3 is 5.97 Å². The van der Waals surface area contributed by atoms with E-state index in [-0.39, 0.29) is 5.97 Å². The molecule has 0 spiro atoms. The van der Waals surface area contributed by atoms with Gasteiger partial charge < -0.3 is 23.8 Å². The molecule has 1 aromatic carbocycles. The highest BCUT2D eigenvalue weighted by Gasteiger charge is 2.27. The highest BCUT2D eigenvalue weighted by atomic mass is 16.5. The Bertz CT molecular complexity index is 613. The zero-order chi connectivity index (χ0) is 17.7. The molecule has 0 aliphatic carbocycles. The fourth-order valence-corrected chi connectivity index (χ4v) is 2.96. The molecule has 6 nitrogen and oxygen atoms in total. The molecule has 0 atom stereocenters. The average molecular weight is 335 g/mol. The fraction of sp³-hybridized carbons (Fsp3) is 0.500. The van der Waals surface area contributed by atoms with E-state index in [2.05, 4.69) is 4.90 Å². The number of methoxy groups -OCH3 is 3. The summed E-state index contributed by atoms with van der Waals surface area (Å²) in [5.41, 5.74) is 2.23. The standard InChI is InChI=1S/C18H25NO5/c1-6-24-18(20)16(13-8-7-9-19(13)2)12-10-14(21-3)17(23-5)15(11-12)22-4/h10-11H,6-9H2,1-5H3. The summed E-state index contributed by atoms with van der Waals surface area (Å²) >= 11 is 0. The summed E-state index contributed by atoms with van der Waals surface area (Å²) in [5, 5.41) is 0. The summed E-state index contributed by atoms with van der Waals surface area (Å²) < 4.78 is 21.5. The van der Waals surface area contributed by atoms with Crippen molar-refractivity contribution in [2.45, 2.75) is 19.8 Å². The maximum absolute atomic E-state index is 12.6. The van der Waals surface area contributed by atoms with Crippen LogP contribution in [0.5, 0.6) is 17.2 Å². The van der Waals surface area contributed by atoms with Gasteiger partial charge in [0, 0.05) is 19.3 Å². The third-order valence-corrected chi connectivity index (χ3v) is 4.09. The predicted octanol–water partition coefficient (Wildman–Crippen LogP) is 2.71. The molecule has 0 aromatic heterocycles. The third kappa shape index (κ3) is 3.42. The number of hydrogen-bond donors (Lipinski definition) is 0. The van der Waals surface area contributed by atoms with E-state index in [1.165, 1.54) is 0 Å². The molecule has 6 heteroatoms. The minimum absolute atomic E-state index is 0.323. The Balaban J connectivity index is 2.65. The van der Waals surface area contributed by atoms with Gasteiger partial charge in [0.2, 0.25) is 5.75 Å². The summed E-state index contributed by atoms with van der Waals surface area (Å²) in [6.07, 6.45) is 1.85. The number of esters is 1. The molecule has 0 radical (unpaired) electrons. The maximum Gasteiger partial charge on any atom is 0.340 e. The number of rotatable bonds is 6. The Labute approximate surface area is 142 Å². The van der Waals surface area contributed by atoms with E-state index in [0.29, 0.717) is 35.0 Å². The van der Waals surface area contributed by atoms with Gasteiger partial charge in [0.1, 0.15) is 0 Å². The van der Waals surface area contributed by atoms with Crippen molar-refractivity contribution in [1.82, 2.24) is 4.90 Å². The van der Waals surface area contributed by atoms with Gasteiger partial charge in [-0.2, -0.15) is 0 Å². The molecule has 0 amide bonds. The number of nitrogens with zero attached hydrogens (tertiary/aromatic N) is 1. The molecule has 1 aliphatic heterocycles. The number of ether oxygens (including phenoxy) is 4. The van der Waals surface area contributed by atoms with Crippen LogP contribution in [0.4, 0.5) is 0 Å². The molecule has 1 saturated heterocycles. The first-order chi connectivity index (χ1) is 11.6. The number of allylic oxidation sites excluding steroid dienone is 1. The van der Waals surface area contributed by atoms with Crippen LogP contribution in [0, 0.1) is 0 Å². The molecular weight excluding hydrogens is 310 g/mol. The SMILES string of the molecule is CCOC(=O)C(=C1CCCN1C)c1cc(OC)c(OC)c(OC)c1. The van der Waals surface area contributed by atoms with Crippen LogP contribution in [0.1, 0.15) is 25.3 Å². The Morgan fingerprint density at radius 2 is 1.75 bits per heavy atom. The number of carbonyl (C=O) groups is 1. The number of likely N-dealkylation sites (tertiary alicyclic amines) is 1. The topological polar surface area (TPSA) is 57.2 Å². The molecule has 1 fully saturated rings. The second-order valence-corrected chi connectivity index (χ2v) is 5.48. The summed E-state index contributed by atoms with van der Waals surface area (Å²) in [4.78, 5) is 14.7. The Morgan fingerprint density at radius 1 is 1.12 bits per heavy atom. The second-order valence-electron chi connectivity index (χ2n) is 5.48. The van der Waals surface area contributed by atoms with Crippen LogP contribution in [0.2, 0.25) is 0 Å². The first kappa shape index (κ1) is 18.0. The van der Waals surface area contributed by atoms with Gasteiger partial charge in [-0.1, -0.05) is 0 Å². The van der Waals surface area contributed by atoms with Crippen LogP contribution in [-0.2, 0) is 9.53 Å². The minimum Gasteiger partial charge on any atom is -0.493 e. The quantitative estimate of drug-likeness (QED) is 0.588. The minimum atomic E-state index is -0.337. The molecule has 0 N–H and O–H groups in total. The first-order valence-electron chi connectivity index (χ1n) is 7.99. The highest BCUT2D eigenvalue weighted by Crippen LogP contribution is 2.41. The second kappa shape index (κ2) is 7.95. The van der Waals surface area contributed by atoms with Gasteiger partial charge in [0.25, 0.3) is 0 Å². The monoisotopic (exact) mass is 335 g/mol. The molecular formula is C18H25NO5. The van der Waals surface area contributed by atoms with Crippen LogP contribution in [0.3, 0.4) is 0 Å². The van der Waals surface area contributed by atoms with E-state index < -0.39 is 0 Å². The van der Waals surface area contributed by atoms with Crippen LogP contribution in [0.15, 0.2) is 17.8 Å². The number of carbonyl (C=O) groups excluding carboxylic acids is 1. The lowest BCUT2D eigenvalue weighted by Crippen LogP contribution is -2.17. The van der Waals surface area contributed by atoms with E-state index >= 15 is 0 Å². The Hall–Kier alpha value is -2.37. The predicted molar refractivity (Wildman–Crippen MR) is 91.5 cm³/mol. The molecule has 1 heterocycles. The van der Waals surface area contributed by atoms with Crippen molar-refractivity contribution in [3.63, 3.8) is 0 Å². The molecule has 1 aromatic rings. The number of hydrogen-bond acceptors (Lipinski definition) is 6. The molecule has 0 saturated carbocycles. The zero-order valence-corrected chi connectivity index (χ0v) is 15.0. The van der Waals surface area contributed by atoms with Gasteiger partial charge in [0.05, 0.1) is 33.5 Å². The molecule has 1 aliphatic rings. The summed E-state index contributed by atoms with van der Waals surface area (Å²) in [6, 6.07) is 3.57. The number of benzene rings is 1. The normalized spacial score (nSPS) is 16.0. The van der Waals surface area contributed by atoms with Crippen LogP contribution >= 0.6 is 0 Å². The van der Waals surface area contributed by atoms with Gasteiger partial charge in [-0.05, 0) is 37.5 Å². The maximum atomic E-state index is 12.6. The van der Waals surface area contributed by atoms with Crippen molar-refractivity contribution in [2.75, 3.05) is 41.5 Å². The summed E-state index contributed by atoms with van der Waals surface area (Å²) in [6.45, 7) is 3.04. The molecule has 132 valence electrons. The van der Waals surface area contributed by atoms with E-state index in [4.69, 9.17) is 18.9 Å². The van der Waals surface area contributed by atoms with Crippen molar-refractivity contribution < 1.29 is 23.7 Å². The van der Waals surface area contributed by atoms with Gasteiger partial charge in [-0.3, -0.25) is 0 Å². The van der Waals surface area contributed by atoms with E-state index in [9.17, 15) is 4.79 Å². The highest BCUT2D eigenvalue weighted by molar-refractivity contribution is 6.17. The largest absolute Gasteiger partial charge is 0.493 e. The molecule has 2 rings (SSSR count). The molecule has 0 unspecified atom stereocenters. The van der Waals surface area contributed by atoms with Crippen molar-refractivity contribution >= 4 is 11.5 Å². The van der Waals surface area contributed by atoms with E-state index in [0.717, 1.165) is 25.1 Å². The lowest BCUT2D eigenvalue weighted by atomic mass is 10.0. The molecule has 0 bridgehead atoms. The van der Waals surface area contributed by atoms with Gasteiger partial charge in [-0.15, -0.1) is 0 Å². The zero-order valence-electron chi connectivity index (χ0n) is 15.0. The van der Waals surface area contributed by atoms with Crippen molar-refractivity contribution in [3.05, 3.63) is 23.4 Å². The lowest BCUT2D eigenvalue weighted by Gasteiger charge is -2.20.